The summed E-state index contributed by atoms with van der Waals surface area (Å²) in [5, 5.41) is 6.87. The monoisotopic (exact) mass is 316 g/mol. The van der Waals surface area contributed by atoms with Gasteiger partial charge in [-0.2, -0.15) is 0 Å². The van der Waals surface area contributed by atoms with Crippen molar-refractivity contribution < 1.29 is 13.7 Å². The summed E-state index contributed by atoms with van der Waals surface area (Å²) in [5.74, 6) is 0.631. The second-order valence-corrected chi connectivity index (χ2v) is 7.21. The Balaban J connectivity index is 1.79. The summed E-state index contributed by atoms with van der Waals surface area (Å²) in [4.78, 5) is 12.5. The van der Waals surface area contributed by atoms with Crippen molar-refractivity contribution in [3.8, 4) is 0 Å². The number of rotatable bonds is 4. The van der Waals surface area contributed by atoms with Crippen LogP contribution in [0.3, 0.4) is 0 Å². The van der Waals surface area contributed by atoms with Gasteiger partial charge in [0.15, 0.2) is 5.69 Å². The molecule has 23 heavy (non-hydrogen) atoms. The van der Waals surface area contributed by atoms with Gasteiger partial charge in [0, 0.05) is 12.0 Å². The van der Waals surface area contributed by atoms with Gasteiger partial charge >= 0.3 is 0 Å². The molecule has 1 saturated carbocycles. The Morgan fingerprint density at radius 1 is 1.30 bits per heavy atom. The Morgan fingerprint density at radius 3 is 2.52 bits per heavy atom. The van der Waals surface area contributed by atoms with Crippen molar-refractivity contribution in [2.75, 3.05) is 0 Å². The number of halogens is 1. The molecule has 1 aromatic carbocycles. The average molecular weight is 316 g/mol. The zero-order valence-corrected chi connectivity index (χ0v) is 13.6. The van der Waals surface area contributed by atoms with Crippen LogP contribution in [-0.4, -0.2) is 11.1 Å². The van der Waals surface area contributed by atoms with E-state index >= 15 is 0 Å². The second-order valence-electron chi connectivity index (χ2n) is 7.21. The van der Waals surface area contributed by atoms with Gasteiger partial charge in [0.1, 0.15) is 11.6 Å². The lowest BCUT2D eigenvalue weighted by Gasteiger charge is -2.31. The minimum Gasteiger partial charge on any atom is -0.360 e. The molecule has 2 aromatic rings. The fourth-order valence-corrected chi connectivity index (χ4v) is 2.62. The maximum absolute atomic E-state index is 13.1. The van der Waals surface area contributed by atoms with E-state index in [1.807, 2.05) is 20.8 Å². The van der Waals surface area contributed by atoms with Gasteiger partial charge < -0.3 is 9.84 Å². The number of nitrogens with one attached hydrogen (secondary N) is 1. The lowest BCUT2D eigenvalue weighted by Crippen LogP contribution is -2.36. The summed E-state index contributed by atoms with van der Waals surface area (Å²) < 4.78 is 18.4. The van der Waals surface area contributed by atoms with Crippen LogP contribution in [0.5, 0.6) is 0 Å². The molecule has 0 radical (unpaired) electrons. The van der Waals surface area contributed by atoms with E-state index in [9.17, 15) is 9.18 Å². The SMILES string of the molecule is CC(C)(C)[C@H](NC(=O)c1cc(C2CC2)on1)c1ccc(F)cc1. The third-order valence-electron chi connectivity index (χ3n) is 4.09. The van der Waals surface area contributed by atoms with Crippen molar-refractivity contribution in [3.63, 3.8) is 0 Å². The predicted octanol–water partition coefficient (Wildman–Crippen LogP) is 4.21. The molecule has 1 aromatic heterocycles. The van der Waals surface area contributed by atoms with Gasteiger partial charge in [0.25, 0.3) is 5.91 Å². The van der Waals surface area contributed by atoms with Crippen molar-refractivity contribution in [1.82, 2.24) is 10.5 Å². The Labute approximate surface area is 135 Å². The minimum absolute atomic E-state index is 0.226. The van der Waals surface area contributed by atoms with Gasteiger partial charge in [-0.15, -0.1) is 0 Å². The first-order chi connectivity index (χ1) is 10.8. The summed E-state index contributed by atoms with van der Waals surface area (Å²) in [6.45, 7) is 6.08. The Hall–Kier alpha value is -2.17. The van der Waals surface area contributed by atoms with Crippen LogP contribution in [0, 0.1) is 11.2 Å². The summed E-state index contributed by atoms with van der Waals surface area (Å²) >= 11 is 0. The molecular weight excluding hydrogens is 295 g/mol. The van der Waals surface area contributed by atoms with Gasteiger partial charge in [-0.05, 0) is 36.0 Å². The van der Waals surface area contributed by atoms with Gasteiger partial charge in [0.05, 0.1) is 6.04 Å². The zero-order chi connectivity index (χ0) is 16.6. The minimum atomic E-state index is -0.293. The van der Waals surface area contributed by atoms with E-state index in [0.717, 1.165) is 24.2 Å². The third-order valence-corrected chi connectivity index (χ3v) is 4.09. The molecule has 1 amide bonds. The van der Waals surface area contributed by atoms with E-state index in [1.165, 1.54) is 12.1 Å². The first kappa shape index (κ1) is 15.7. The molecule has 0 saturated heterocycles. The topological polar surface area (TPSA) is 55.1 Å². The van der Waals surface area contributed by atoms with E-state index in [2.05, 4.69) is 10.5 Å². The normalized spacial score (nSPS) is 16.2. The molecule has 1 fully saturated rings. The summed E-state index contributed by atoms with van der Waals surface area (Å²) in [6, 6.07) is 7.67. The van der Waals surface area contributed by atoms with E-state index in [-0.39, 0.29) is 23.2 Å². The van der Waals surface area contributed by atoms with E-state index in [0.29, 0.717) is 11.6 Å². The highest BCUT2D eigenvalue weighted by molar-refractivity contribution is 5.92. The predicted molar refractivity (Wildman–Crippen MR) is 84.5 cm³/mol. The molecule has 3 rings (SSSR count). The van der Waals surface area contributed by atoms with Crippen molar-refractivity contribution in [2.24, 2.45) is 5.41 Å². The molecule has 4 nitrogen and oxygen atoms in total. The molecule has 1 aliphatic carbocycles. The van der Waals surface area contributed by atoms with Crippen molar-refractivity contribution >= 4 is 5.91 Å². The highest BCUT2D eigenvalue weighted by Gasteiger charge is 2.31. The summed E-state index contributed by atoms with van der Waals surface area (Å²) in [7, 11) is 0. The summed E-state index contributed by atoms with van der Waals surface area (Å²) in [6.07, 6.45) is 2.19. The van der Waals surface area contributed by atoms with Crippen molar-refractivity contribution in [3.05, 3.63) is 53.2 Å². The molecular formula is C18H21FN2O2. The van der Waals surface area contributed by atoms with E-state index in [1.54, 1.807) is 18.2 Å². The molecule has 1 aliphatic rings. The molecule has 0 spiro atoms. The van der Waals surface area contributed by atoms with Crippen LogP contribution in [0.4, 0.5) is 4.39 Å². The van der Waals surface area contributed by atoms with Crippen LogP contribution in [-0.2, 0) is 0 Å². The van der Waals surface area contributed by atoms with Gasteiger partial charge in [-0.3, -0.25) is 4.79 Å². The number of benzene rings is 1. The number of carbonyl (C=O) groups is 1. The summed E-state index contributed by atoms with van der Waals surface area (Å²) in [5.41, 5.74) is 0.928. The van der Waals surface area contributed by atoms with Gasteiger partial charge in [-0.25, -0.2) is 4.39 Å². The van der Waals surface area contributed by atoms with E-state index < -0.39 is 0 Å². The van der Waals surface area contributed by atoms with Crippen LogP contribution < -0.4 is 5.32 Å². The highest BCUT2D eigenvalue weighted by atomic mass is 19.1. The van der Waals surface area contributed by atoms with Crippen molar-refractivity contribution in [1.29, 1.82) is 0 Å². The Kier molecular flexibility index (Phi) is 3.96. The largest absolute Gasteiger partial charge is 0.360 e. The van der Waals surface area contributed by atoms with Gasteiger partial charge in [0.2, 0.25) is 0 Å². The van der Waals surface area contributed by atoms with Gasteiger partial charge in [-0.1, -0.05) is 38.1 Å². The number of hydrogen-bond donors (Lipinski definition) is 1. The lowest BCUT2D eigenvalue weighted by molar-refractivity contribution is 0.0892. The van der Waals surface area contributed by atoms with Crippen LogP contribution in [0.1, 0.15) is 67.4 Å². The first-order valence-corrected chi connectivity index (χ1v) is 7.87. The number of hydrogen-bond acceptors (Lipinski definition) is 3. The smallest absolute Gasteiger partial charge is 0.273 e. The number of nitrogens with zero attached hydrogens (tertiary/aromatic N) is 1. The quantitative estimate of drug-likeness (QED) is 0.919. The fourth-order valence-electron chi connectivity index (χ4n) is 2.62. The number of aromatic nitrogens is 1. The van der Waals surface area contributed by atoms with Crippen molar-refractivity contribution in [2.45, 2.75) is 45.6 Å². The standard InChI is InChI=1S/C18H21FN2O2/c1-18(2,3)16(12-6-8-13(19)9-7-12)20-17(22)14-10-15(23-21-14)11-4-5-11/h6-11,16H,4-5H2,1-3H3,(H,20,22)/t16-/m1/s1. The molecule has 0 aliphatic heterocycles. The molecule has 0 bridgehead atoms. The molecule has 5 heteroatoms. The van der Waals surface area contributed by atoms with E-state index in [4.69, 9.17) is 4.52 Å². The maximum Gasteiger partial charge on any atom is 0.273 e. The average Bonchev–Trinajstić information content (AvgIpc) is 3.22. The molecule has 0 unspecified atom stereocenters. The molecule has 122 valence electrons. The second kappa shape index (κ2) is 5.80. The Morgan fingerprint density at radius 2 is 1.96 bits per heavy atom. The highest BCUT2D eigenvalue weighted by Crippen LogP contribution is 2.40. The first-order valence-electron chi connectivity index (χ1n) is 7.87. The third kappa shape index (κ3) is 3.60. The Bertz CT molecular complexity index is 697. The van der Waals surface area contributed by atoms with Crippen LogP contribution in [0.15, 0.2) is 34.9 Å². The molecule has 1 atom stereocenters. The van der Waals surface area contributed by atoms with Crippen LogP contribution in [0.2, 0.25) is 0 Å². The maximum atomic E-state index is 13.1. The zero-order valence-electron chi connectivity index (χ0n) is 13.6. The fraction of sp³-hybridized carbons (Fsp3) is 0.444. The van der Waals surface area contributed by atoms with Crippen LogP contribution >= 0.6 is 0 Å². The molecule has 1 N–H and O–H groups in total. The van der Waals surface area contributed by atoms with Crippen LogP contribution in [0.25, 0.3) is 0 Å². The molecule has 1 heterocycles. The number of amides is 1. The lowest BCUT2D eigenvalue weighted by atomic mass is 9.82. The number of carbonyl (C=O) groups excluding carboxylic acids is 1.